The Morgan fingerprint density at radius 2 is 2.15 bits per heavy atom. The van der Waals surface area contributed by atoms with Gasteiger partial charge in [0.25, 0.3) is 0 Å². The minimum Gasteiger partial charge on any atom is -0.353 e. The van der Waals surface area contributed by atoms with Crippen LogP contribution in [0.15, 0.2) is 29.6 Å². The van der Waals surface area contributed by atoms with Gasteiger partial charge >= 0.3 is 6.18 Å². The summed E-state index contributed by atoms with van der Waals surface area (Å²) in [5.41, 5.74) is 2.78. The Balaban J connectivity index is 1.57. The molecule has 1 saturated carbocycles. The number of amides is 1. The number of halogens is 3. The fourth-order valence-corrected chi connectivity index (χ4v) is 4.18. The van der Waals surface area contributed by atoms with Crippen LogP contribution in [0.4, 0.5) is 13.2 Å². The fraction of sp³-hybridized carbons (Fsp3) is 0.474. The Morgan fingerprint density at radius 3 is 2.88 bits per heavy atom. The van der Waals surface area contributed by atoms with Crippen molar-refractivity contribution in [1.29, 1.82) is 0 Å². The van der Waals surface area contributed by atoms with Gasteiger partial charge in [0, 0.05) is 17.0 Å². The number of rotatable bonds is 4. The van der Waals surface area contributed by atoms with Crippen molar-refractivity contribution < 1.29 is 18.0 Å². The zero-order valence-electron chi connectivity index (χ0n) is 14.5. The average Bonchev–Trinajstić information content (AvgIpc) is 3.02. The minimum atomic E-state index is -4.18. The van der Waals surface area contributed by atoms with Crippen LogP contribution in [-0.4, -0.2) is 23.1 Å². The summed E-state index contributed by atoms with van der Waals surface area (Å²) in [4.78, 5) is 16.7. The van der Waals surface area contributed by atoms with Crippen LogP contribution in [0.5, 0.6) is 0 Å². The summed E-state index contributed by atoms with van der Waals surface area (Å²) in [6, 6.07) is 7.55. The number of aromatic nitrogens is 1. The number of benzene rings is 1. The number of nitrogens with zero attached hydrogens (tertiary/aromatic N) is 1. The molecule has 3 nitrogen and oxygen atoms in total. The standard InChI is InChI=1S/C19H21F3N2OS/c1-12-4-2-5-13(8-12)18-24-16(11-26-18)10-17(25)23-15-7-3-6-14(9-15)19(20,21)22/h2,4-5,8,11,14-15H,3,6-7,9-10H2,1H3,(H,23,25)/t14-,15+/m1/s1. The average molecular weight is 382 g/mol. The third-order valence-corrected chi connectivity index (χ3v) is 5.60. The van der Waals surface area contributed by atoms with Crippen molar-refractivity contribution in [3.63, 3.8) is 0 Å². The van der Waals surface area contributed by atoms with Gasteiger partial charge in [-0.15, -0.1) is 11.3 Å². The zero-order valence-corrected chi connectivity index (χ0v) is 15.3. The van der Waals surface area contributed by atoms with Crippen LogP contribution in [0, 0.1) is 12.8 Å². The molecule has 26 heavy (non-hydrogen) atoms. The molecule has 140 valence electrons. The summed E-state index contributed by atoms with van der Waals surface area (Å²) in [7, 11) is 0. The van der Waals surface area contributed by atoms with E-state index >= 15 is 0 Å². The molecule has 1 aliphatic rings. The third-order valence-electron chi connectivity index (χ3n) is 4.66. The molecule has 1 fully saturated rings. The summed E-state index contributed by atoms with van der Waals surface area (Å²) in [6.07, 6.45) is -2.87. The monoisotopic (exact) mass is 382 g/mol. The molecule has 0 spiro atoms. The second-order valence-corrected chi connectivity index (χ2v) is 7.72. The first-order valence-electron chi connectivity index (χ1n) is 8.69. The van der Waals surface area contributed by atoms with Gasteiger partial charge in [-0.05, 0) is 32.3 Å². The van der Waals surface area contributed by atoms with E-state index in [0.29, 0.717) is 18.5 Å². The van der Waals surface area contributed by atoms with Crippen LogP contribution in [0.3, 0.4) is 0 Å². The predicted octanol–water partition coefficient (Wildman–Crippen LogP) is 4.90. The topological polar surface area (TPSA) is 42.0 Å². The molecule has 0 aliphatic heterocycles. The Morgan fingerprint density at radius 1 is 1.35 bits per heavy atom. The molecule has 1 amide bonds. The molecule has 1 aromatic carbocycles. The van der Waals surface area contributed by atoms with Crippen LogP contribution in [-0.2, 0) is 11.2 Å². The second-order valence-electron chi connectivity index (χ2n) is 6.86. The molecule has 3 rings (SSSR count). The SMILES string of the molecule is Cc1cccc(-c2nc(CC(=O)N[C@H]3CCC[C@@H](C(F)(F)F)C3)cs2)c1. The van der Waals surface area contributed by atoms with Crippen molar-refractivity contribution in [3.8, 4) is 10.6 Å². The van der Waals surface area contributed by atoms with E-state index in [1.54, 1.807) is 0 Å². The number of alkyl halides is 3. The lowest BCUT2D eigenvalue weighted by Crippen LogP contribution is -2.42. The first-order valence-corrected chi connectivity index (χ1v) is 9.57. The molecule has 2 aromatic rings. The molecule has 1 heterocycles. The van der Waals surface area contributed by atoms with Crippen molar-refractivity contribution >= 4 is 17.2 Å². The summed E-state index contributed by atoms with van der Waals surface area (Å²) in [5.74, 6) is -1.58. The molecule has 1 aromatic heterocycles. The Labute approximate surface area is 154 Å². The maximum absolute atomic E-state index is 12.9. The highest BCUT2D eigenvalue weighted by atomic mass is 32.1. The quantitative estimate of drug-likeness (QED) is 0.817. The van der Waals surface area contributed by atoms with Crippen molar-refractivity contribution in [2.75, 3.05) is 0 Å². The molecular weight excluding hydrogens is 361 g/mol. The van der Waals surface area contributed by atoms with Crippen LogP contribution in [0.1, 0.15) is 36.9 Å². The molecular formula is C19H21F3N2OS. The lowest BCUT2D eigenvalue weighted by atomic mass is 9.85. The van der Waals surface area contributed by atoms with Crippen molar-refractivity contribution in [2.24, 2.45) is 5.92 Å². The summed E-state index contributed by atoms with van der Waals surface area (Å²) >= 11 is 1.46. The molecule has 1 N–H and O–H groups in total. The van der Waals surface area contributed by atoms with Gasteiger partial charge in [0.2, 0.25) is 5.91 Å². The van der Waals surface area contributed by atoms with Gasteiger partial charge in [-0.25, -0.2) is 4.98 Å². The second kappa shape index (κ2) is 7.78. The van der Waals surface area contributed by atoms with Crippen molar-refractivity contribution in [3.05, 3.63) is 40.9 Å². The first-order chi connectivity index (χ1) is 12.3. The minimum absolute atomic E-state index is 0.0269. The number of hydrogen-bond donors (Lipinski definition) is 1. The highest BCUT2D eigenvalue weighted by molar-refractivity contribution is 7.13. The molecule has 0 bridgehead atoms. The van der Waals surface area contributed by atoms with E-state index in [1.165, 1.54) is 11.3 Å². The van der Waals surface area contributed by atoms with Gasteiger partial charge < -0.3 is 5.32 Å². The molecule has 0 saturated heterocycles. The lowest BCUT2D eigenvalue weighted by molar-refractivity contribution is -0.184. The number of nitrogens with one attached hydrogen (secondary N) is 1. The lowest BCUT2D eigenvalue weighted by Gasteiger charge is -2.31. The van der Waals surface area contributed by atoms with E-state index in [4.69, 9.17) is 0 Å². The van der Waals surface area contributed by atoms with Gasteiger partial charge in [-0.3, -0.25) is 4.79 Å². The van der Waals surface area contributed by atoms with Crippen LogP contribution in [0.25, 0.3) is 10.6 Å². The van der Waals surface area contributed by atoms with Crippen LogP contribution >= 0.6 is 11.3 Å². The molecule has 0 unspecified atom stereocenters. The summed E-state index contributed by atoms with van der Waals surface area (Å²) in [5, 5.41) is 5.42. The van der Waals surface area contributed by atoms with Gasteiger partial charge in [-0.2, -0.15) is 13.2 Å². The van der Waals surface area contributed by atoms with E-state index in [9.17, 15) is 18.0 Å². The maximum atomic E-state index is 12.9. The van der Waals surface area contributed by atoms with Gasteiger partial charge in [0.1, 0.15) is 5.01 Å². The van der Waals surface area contributed by atoms with E-state index in [1.807, 2.05) is 36.6 Å². The summed E-state index contributed by atoms with van der Waals surface area (Å²) in [6.45, 7) is 2.00. The normalized spacial score (nSPS) is 20.8. The smallest absolute Gasteiger partial charge is 0.353 e. The largest absolute Gasteiger partial charge is 0.391 e. The third kappa shape index (κ3) is 4.84. The molecule has 7 heteroatoms. The Hall–Kier alpha value is -1.89. The number of carbonyl (C=O) groups excluding carboxylic acids is 1. The number of hydrogen-bond acceptors (Lipinski definition) is 3. The number of carbonyl (C=O) groups is 1. The van der Waals surface area contributed by atoms with Crippen molar-refractivity contribution in [1.82, 2.24) is 10.3 Å². The first kappa shape index (κ1) is 18.9. The van der Waals surface area contributed by atoms with Gasteiger partial charge in [-0.1, -0.05) is 30.2 Å². The Bertz CT molecular complexity index is 772. The highest BCUT2D eigenvalue weighted by Crippen LogP contribution is 2.37. The van der Waals surface area contributed by atoms with Crippen LogP contribution < -0.4 is 5.32 Å². The van der Waals surface area contributed by atoms with Crippen molar-refractivity contribution in [2.45, 2.75) is 51.2 Å². The van der Waals surface area contributed by atoms with E-state index in [-0.39, 0.29) is 25.2 Å². The van der Waals surface area contributed by atoms with E-state index in [0.717, 1.165) is 16.1 Å². The predicted molar refractivity (Wildman–Crippen MR) is 95.9 cm³/mol. The van der Waals surface area contributed by atoms with E-state index < -0.39 is 18.1 Å². The fourth-order valence-electron chi connectivity index (χ4n) is 3.36. The highest BCUT2D eigenvalue weighted by Gasteiger charge is 2.42. The molecule has 2 atom stereocenters. The van der Waals surface area contributed by atoms with Crippen LogP contribution in [0.2, 0.25) is 0 Å². The summed E-state index contributed by atoms with van der Waals surface area (Å²) < 4.78 is 38.6. The molecule has 1 aliphatic carbocycles. The maximum Gasteiger partial charge on any atom is 0.391 e. The Kier molecular flexibility index (Phi) is 5.65. The van der Waals surface area contributed by atoms with E-state index in [2.05, 4.69) is 10.3 Å². The van der Waals surface area contributed by atoms with Gasteiger partial charge in [0.05, 0.1) is 18.0 Å². The molecule has 0 radical (unpaired) electrons. The number of aryl methyl sites for hydroxylation is 1. The number of thiazole rings is 1. The zero-order chi connectivity index (χ0) is 18.7. The van der Waals surface area contributed by atoms with Gasteiger partial charge in [0.15, 0.2) is 0 Å².